The van der Waals surface area contributed by atoms with Gasteiger partial charge in [-0.2, -0.15) is 0 Å². The van der Waals surface area contributed by atoms with Gasteiger partial charge in [0.25, 0.3) is 0 Å². The van der Waals surface area contributed by atoms with Crippen LogP contribution in [-0.2, 0) is 43.5 Å². The first-order valence-electron chi connectivity index (χ1n) is 19.1. The van der Waals surface area contributed by atoms with Crippen molar-refractivity contribution in [3.63, 3.8) is 0 Å². The van der Waals surface area contributed by atoms with Crippen LogP contribution in [0.25, 0.3) is 10.4 Å². The van der Waals surface area contributed by atoms with Gasteiger partial charge in [0.05, 0.1) is 44.1 Å². The summed E-state index contributed by atoms with van der Waals surface area (Å²) in [5.74, 6) is -0.298. The van der Waals surface area contributed by atoms with Gasteiger partial charge in [0, 0.05) is 20.0 Å². The van der Waals surface area contributed by atoms with Crippen molar-refractivity contribution in [2.45, 2.75) is 56.4 Å². The molecule has 0 aliphatic carbocycles. The van der Waals surface area contributed by atoms with Crippen LogP contribution in [0.1, 0.15) is 33.7 Å². The van der Waals surface area contributed by atoms with Gasteiger partial charge in [0.1, 0.15) is 18.3 Å². The third kappa shape index (κ3) is 11.7. The fourth-order valence-corrected chi connectivity index (χ4v) is 7.19. The summed E-state index contributed by atoms with van der Waals surface area (Å²) in [4.78, 5) is 8.21. The Hall–Kier alpha value is -5.19. The van der Waals surface area contributed by atoms with Crippen LogP contribution in [0.2, 0.25) is 15.1 Å². The van der Waals surface area contributed by atoms with E-state index in [1.165, 1.54) is 0 Å². The predicted molar refractivity (Wildman–Crippen MR) is 232 cm³/mol. The largest absolute Gasteiger partial charge is 0.448 e. The molecular weight excluding hydrogens is 807 g/mol. The van der Waals surface area contributed by atoms with Crippen LogP contribution in [0.5, 0.6) is 0 Å². The lowest BCUT2D eigenvalue weighted by molar-refractivity contribution is -0.305. The van der Waals surface area contributed by atoms with Gasteiger partial charge in [-0.25, -0.2) is 4.99 Å². The van der Waals surface area contributed by atoms with Gasteiger partial charge in [-0.05, 0) is 81.9 Å². The van der Waals surface area contributed by atoms with Crippen molar-refractivity contribution in [3.05, 3.63) is 217 Å². The third-order valence-corrected chi connectivity index (χ3v) is 10.5. The van der Waals surface area contributed by atoms with Crippen LogP contribution in [0, 0.1) is 0 Å². The predicted octanol–water partition coefficient (Wildman–Crippen LogP) is 12.3. The van der Waals surface area contributed by atoms with E-state index in [-0.39, 0.29) is 32.3 Å². The highest BCUT2D eigenvalue weighted by Crippen LogP contribution is 2.36. The fourth-order valence-electron chi connectivity index (χ4n) is 6.81. The monoisotopic (exact) mass is 846 g/mol. The number of hydrogen-bond acceptors (Lipinski definition) is 7. The molecule has 1 saturated heterocycles. The van der Waals surface area contributed by atoms with E-state index in [2.05, 4.69) is 10.0 Å². The van der Waals surface area contributed by atoms with Crippen molar-refractivity contribution in [1.29, 1.82) is 0 Å². The van der Waals surface area contributed by atoms with E-state index in [0.29, 0.717) is 20.8 Å². The molecule has 0 unspecified atom stereocenters. The molecule has 1 fully saturated rings. The molecule has 300 valence electrons. The molecule has 0 saturated carbocycles. The lowest BCUT2D eigenvalue weighted by Crippen LogP contribution is -2.62. The average Bonchev–Trinajstić information content (AvgIpc) is 3.27. The summed E-state index contributed by atoms with van der Waals surface area (Å²) in [7, 11) is 0. The van der Waals surface area contributed by atoms with Crippen molar-refractivity contribution in [1.82, 2.24) is 0 Å². The third-order valence-electron chi connectivity index (χ3n) is 9.73. The second-order valence-electron chi connectivity index (χ2n) is 13.8. The van der Waals surface area contributed by atoms with Crippen molar-refractivity contribution in [3.8, 4) is 0 Å². The zero-order chi connectivity index (χ0) is 40.8. The number of ether oxygens (including phenoxy) is 5. The number of azide groups is 1. The number of halogens is 3. The Kier molecular flexibility index (Phi) is 15.1. The van der Waals surface area contributed by atoms with Gasteiger partial charge < -0.3 is 23.7 Å². The number of benzene rings is 6. The summed E-state index contributed by atoms with van der Waals surface area (Å²) >= 11 is 19.1. The molecule has 9 nitrogen and oxygen atoms in total. The normalized spacial score (nSPS) is 19.3. The van der Waals surface area contributed by atoms with E-state index in [1.54, 1.807) is 24.3 Å². The molecule has 59 heavy (non-hydrogen) atoms. The molecule has 0 radical (unpaired) electrons. The molecule has 0 amide bonds. The molecule has 12 heteroatoms. The van der Waals surface area contributed by atoms with Gasteiger partial charge in [0.2, 0.25) is 12.2 Å². The maximum atomic E-state index is 9.56. The minimum Gasteiger partial charge on any atom is -0.448 e. The zero-order valence-corrected chi connectivity index (χ0v) is 34.1. The number of nitrogens with zero attached hydrogens (tertiary/aromatic N) is 4. The second kappa shape index (κ2) is 21.2. The Balaban J connectivity index is 1.35. The zero-order valence-electron chi connectivity index (χ0n) is 31.8. The van der Waals surface area contributed by atoms with E-state index in [0.717, 1.165) is 27.8 Å². The topological polar surface area (TPSA) is 107 Å². The van der Waals surface area contributed by atoms with E-state index in [9.17, 15) is 5.53 Å². The maximum Gasteiger partial charge on any atom is 0.230 e. The van der Waals surface area contributed by atoms with Crippen LogP contribution in [0.15, 0.2) is 174 Å². The molecule has 0 bridgehead atoms. The SMILES string of the molecule is [N-]=[N+]=NC[C@H]1O[C@@H](OC(=Nc2ccc(Cl)cc2)C(c2ccc(Cl)cc2)c2ccc(Cl)cc2)[C@H](OCc2ccccc2)[C@@H](OCc2ccccc2)[C@@H]1OCc1ccccc1. The van der Waals surface area contributed by atoms with Crippen LogP contribution >= 0.6 is 34.8 Å². The molecule has 6 aromatic rings. The van der Waals surface area contributed by atoms with Crippen molar-refractivity contribution >= 4 is 46.4 Å². The minimum absolute atomic E-state index is 0.0755. The Bertz CT molecular complexity index is 2240. The summed E-state index contributed by atoms with van der Waals surface area (Å²) in [5.41, 5.74) is 14.7. The Morgan fingerprint density at radius 2 is 0.983 bits per heavy atom. The highest BCUT2D eigenvalue weighted by molar-refractivity contribution is 6.31. The van der Waals surface area contributed by atoms with Crippen molar-refractivity contribution < 1.29 is 23.7 Å². The van der Waals surface area contributed by atoms with E-state index >= 15 is 0 Å². The summed E-state index contributed by atoms with van der Waals surface area (Å²) in [6, 6.07) is 51.6. The van der Waals surface area contributed by atoms with E-state index < -0.39 is 36.6 Å². The van der Waals surface area contributed by atoms with Crippen LogP contribution in [-0.4, -0.2) is 43.1 Å². The number of rotatable bonds is 16. The molecule has 7 rings (SSSR count). The molecule has 1 heterocycles. The summed E-state index contributed by atoms with van der Waals surface area (Å²) in [5, 5.41) is 5.67. The lowest BCUT2D eigenvalue weighted by Gasteiger charge is -2.46. The molecular formula is C47H41Cl3N4O5. The fraction of sp³-hybridized carbons (Fsp3) is 0.213. The highest BCUT2D eigenvalue weighted by Gasteiger charge is 2.50. The number of hydrogen-bond donors (Lipinski definition) is 0. The van der Waals surface area contributed by atoms with E-state index in [4.69, 9.17) is 63.5 Å². The molecule has 1 aliphatic rings. The molecule has 1 aliphatic heterocycles. The first-order valence-corrected chi connectivity index (χ1v) is 20.2. The highest BCUT2D eigenvalue weighted by atomic mass is 35.5. The van der Waals surface area contributed by atoms with Crippen LogP contribution < -0.4 is 0 Å². The minimum atomic E-state index is -1.15. The standard InChI is InChI=1S/C47H41Cl3N4O5/c48-37-20-16-35(17-21-37)42(36-18-22-38(49)23-19-36)46(53-40-26-24-39(50)25-27-40)59-47-45(57-31-34-14-8-3-9-15-34)44(56-30-33-12-6-2-7-13-33)43(41(58-47)28-52-54-51)55-29-32-10-4-1-5-11-32/h1-27,41-45,47H,28-31H2/t41-,43-,44+,45-,47+/m1/s1. The summed E-state index contributed by atoms with van der Waals surface area (Å²) < 4.78 is 34.3. The summed E-state index contributed by atoms with van der Waals surface area (Å²) in [6.07, 6.45) is -4.42. The lowest BCUT2D eigenvalue weighted by atomic mass is 9.90. The van der Waals surface area contributed by atoms with Gasteiger partial charge in [-0.15, -0.1) is 0 Å². The number of aliphatic imine (C=N–C) groups is 1. The van der Waals surface area contributed by atoms with Crippen LogP contribution in [0.3, 0.4) is 0 Å². The summed E-state index contributed by atoms with van der Waals surface area (Å²) in [6.45, 7) is 0.594. The van der Waals surface area contributed by atoms with Gasteiger partial charge in [0.15, 0.2) is 0 Å². The van der Waals surface area contributed by atoms with Crippen molar-refractivity contribution in [2.24, 2.45) is 10.1 Å². The van der Waals surface area contributed by atoms with Crippen molar-refractivity contribution in [2.75, 3.05) is 6.54 Å². The first kappa shape index (κ1) is 42.0. The Labute approximate surface area is 358 Å². The second-order valence-corrected chi connectivity index (χ2v) is 15.1. The molecule has 5 atom stereocenters. The average molecular weight is 848 g/mol. The van der Waals surface area contributed by atoms with Gasteiger partial charge >= 0.3 is 0 Å². The van der Waals surface area contributed by atoms with Gasteiger partial charge in [-0.3, -0.25) is 0 Å². The molecule has 6 aromatic carbocycles. The molecule has 0 aromatic heterocycles. The van der Waals surface area contributed by atoms with Gasteiger partial charge in [-0.1, -0.05) is 155 Å². The Morgan fingerprint density at radius 1 is 0.559 bits per heavy atom. The molecule has 0 N–H and O–H groups in total. The first-order chi connectivity index (χ1) is 28.9. The quantitative estimate of drug-likeness (QED) is 0.0317. The smallest absolute Gasteiger partial charge is 0.230 e. The maximum absolute atomic E-state index is 9.56. The molecule has 0 spiro atoms. The van der Waals surface area contributed by atoms with Crippen LogP contribution in [0.4, 0.5) is 5.69 Å². The Morgan fingerprint density at radius 3 is 1.44 bits per heavy atom. The van der Waals surface area contributed by atoms with E-state index in [1.807, 2.05) is 140 Å².